The molecule has 0 aliphatic carbocycles. The molecule has 0 fully saturated rings. The summed E-state index contributed by atoms with van der Waals surface area (Å²) in [5.74, 6) is -0.685. The monoisotopic (exact) mass is 388 g/mol. The van der Waals surface area contributed by atoms with Crippen molar-refractivity contribution >= 4 is 8.32 Å². The Balaban J connectivity index is 2.25. The van der Waals surface area contributed by atoms with Crippen LogP contribution < -0.4 is 0 Å². The third kappa shape index (κ3) is 4.35. The van der Waals surface area contributed by atoms with E-state index in [0.29, 0.717) is 5.56 Å². The second-order valence-electron chi connectivity index (χ2n) is 7.92. The number of aryl methyl sites for hydroxylation is 1. The van der Waals surface area contributed by atoms with Gasteiger partial charge in [0.2, 0.25) is 0 Å². The molecule has 0 amide bonds. The highest BCUT2D eigenvalue weighted by atomic mass is 28.4. The molecule has 0 radical (unpaired) electrons. The predicted octanol–water partition coefficient (Wildman–Crippen LogP) is 5.77. The first-order chi connectivity index (χ1) is 11.7. The smallest absolute Gasteiger partial charge is 0.413 e. The molecule has 2 aromatic rings. The Morgan fingerprint density at radius 3 is 2.23 bits per heavy atom. The first-order valence-electron chi connectivity index (χ1n) is 8.26. The van der Waals surface area contributed by atoms with Gasteiger partial charge in [-0.15, -0.1) is 0 Å². The van der Waals surface area contributed by atoms with Crippen molar-refractivity contribution < 1.29 is 22.0 Å². The molecule has 0 unspecified atom stereocenters. The lowest BCUT2D eigenvalue weighted by molar-refractivity contribution is -0.140. The van der Waals surface area contributed by atoms with Gasteiger partial charge in [0.15, 0.2) is 14.0 Å². The van der Waals surface area contributed by atoms with E-state index in [9.17, 15) is 17.6 Å². The average Bonchev–Trinajstić information content (AvgIpc) is 2.86. The second kappa shape index (κ2) is 6.81. The van der Waals surface area contributed by atoms with E-state index in [1.165, 1.54) is 23.7 Å². The molecule has 0 N–H and O–H groups in total. The molecule has 144 valence electrons. The Hall–Kier alpha value is -1.67. The number of benzene rings is 1. The first kappa shape index (κ1) is 20.6. The minimum absolute atomic E-state index is 0.0269. The van der Waals surface area contributed by atoms with Gasteiger partial charge in [0.05, 0.1) is 12.2 Å². The molecule has 0 aliphatic heterocycles. The molecule has 1 heterocycles. The molecule has 1 aromatic heterocycles. The molecule has 0 aliphatic rings. The largest absolute Gasteiger partial charge is 0.434 e. The van der Waals surface area contributed by atoms with Crippen LogP contribution in [0.2, 0.25) is 18.1 Å². The number of hydrogen-bond donors (Lipinski definition) is 0. The van der Waals surface area contributed by atoms with Crippen LogP contribution in [0.5, 0.6) is 0 Å². The van der Waals surface area contributed by atoms with E-state index >= 15 is 0 Å². The summed E-state index contributed by atoms with van der Waals surface area (Å²) in [6, 6.07) is 4.40. The topological polar surface area (TPSA) is 27.1 Å². The third-order valence-corrected chi connectivity index (χ3v) is 9.33. The van der Waals surface area contributed by atoms with E-state index in [2.05, 4.69) is 38.8 Å². The number of hydrogen-bond acceptors (Lipinski definition) is 2. The molecule has 0 bridgehead atoms. The molecule has 0 saturated carbocycles. The summed E-state index contributed by atoms with van der Waals surface area (Å²) in [5.41, 5.74) is -0.375. The SMILES string of the molecule is Cn1cc(C(F)(F)F)nc1-c1ccc(CO[Si](C)(C)C(C)(C)C)cc1F. The van der Waals surface area contributed by atoms with Crippen molar-refractivity contribution in [1.82, 2.24) is 9.55 Å². The number of halogens is 4. The van der Waals surface area contributed by atoms with E-state index in [-0.39, 0.29) is 23.0 Å². The quantitative estimate of drug-likeness (QED) is 0.491. The molecule has 0 atom stereocenters. The number of imidazole rings is 1. The van der Waals surface area contributed by atoms with Crippen LogP contribution in [0, 0.1) is 5.82 Å². The summed E-state index contributed by atoms with van der Waals surface area (Å²) in [7, 11) is -0.565. The zero-order chi connectivity index (χ0) is 19.9. The minimum Gasteiger partial charge on any atom is -0.413 e. The van der Waals surface area contributed by atoms with Gasteiger partial charge in [0.1, 0.15) is 11.6 Å². The lowest BCUT2D eigenvalue weighted by atomic mass is 10.1. The molecular weight excluding hydrogens is 364 g/mol. The van der Waals surface area contributed by atoms with Gasteiger partial charge in [0, 0.05) is 13.2 Å². The molecule has 8 heteroatoms. The van der Waals surface area contributed by atoms with Gasteiger partial charge in [-0.3, -0.25) is 0 Å². The molecule has 26 heavy (non-hydrogen) atoms. The fourth-order valence-corrected chi connectivity index (χ4v) is 3.12. The Morgan fingerprint density at radius 2 is 1.77 bits per heavy atom. The van der Waals surface area contributed by atoms with Crippen LogP contribution in [0.4, 0.5) is 17.6 Å². The average molecular weight is 388 g/mol. The maximum absolute atomic E-state index is 14.5. The fraction of sp³-hybridized carbons (Fsp3) is 0.500. The lowest BCUT2D eigenvalue weighted by Gasteiger charge is -2.36. The second-order valence-corrected chi connectivity index (χ2v) is 12.7. The van der Waals surface area contributed by atoms with Crippen molar-refractivity contribution in [2.75, 3.05) is 0 Å². The van der Waals surface area contributed by atoms with Crippen LogP contribution in [0.3, 0.4) is 0 Å². The fourth-order valence-electron chi connectivity index (χ4n) is 2.16. The van der Waals surface area contributed by atoms with Gasteiger partial charge in [0.25, 0.3) is 0 Å². The van der Waals surface area contributed by atoms with E-state index < -0.39 is 26.0 Å². The summed E-state index contributed by atoms with van der Waals surface area (Å²) in [6.45, 7) is 10.8. The highest BCUT2D eigenvalue weighted by molar-refractivity contribution is 6.74. The number of nitrogens with zero attached hydrogens (tertiary/aromatic N) is 2. The van der Waals surface area contributed by atoms with E-state index in [1.807, 2.05) is 0 Å². The van der Waals surface area contributed by atoms with Gasteiger partial charge >= 0.3 is 6.18 Å². The first-order valence-corrected chi connectivity index (χ1v) is 11.2. The third-order valence-electron chi connectivity index (χ3n) is 4.85. The van der Waals surface area contributed by atoms with Gasteiger partial charge in [-0.1, -0.05) is 26.8 Å². The summed E-state index contributed by atoms with van der Waals surface area (Å²) in [6.07, 6.45) is -3.72. The lowest BCUT2D eigenvalue weighted by Crippen LogP contribution is -2.40. The van der Waals surface area contributed by atoms with Crippen molar-refractivity contribution in [2.24, 2.45) is 7.05 Å². The number of rotatable bonds is 4. The van der Waals surface area contributed by atoms with Crippen LogP contribution >= 0.6 is 0 Å². The molecular formula is C18H24F4N2OSi. The molecule has 2 rings (SSSR count). The Bertz CT molecular complexity index is 791. The molecule has 1 aromatic carbocycles. The zero-order valence-electron chi connectivity index (χ0n) is 15.8. The highest BCUT2D eigenvalue weighted by Gasteiger charge is 2.37. The van der Waals surface area contributed by atoms with Gasteiger partial charge in [-0.2, -0.15) is 13.2 Å². The molecule has 0 spiro atoms. The molecule has 3 nitrogen and oxygen atoms in total. The summed E-state index contributed by atoms with van der Waals surface area (Å²) < 4.78 is 60.1. The van der Waals surface area contributed by atoms with Crippen LogP contribution in [-0.2, 0) is 24.3 Å². The van der Waals surface area contributed by atoms with Gasteiger partial charge in [-0.05, 0) is 35.8 Å². The standard InChI is InChI=1S/C18H24F4N2OSi/c1-17(2,3)26(5,6)25-11-12-7-8-13(14(19)9-12)16-23-15(10-24(16)4)18(20,21)22/h7-10H,11H2,1-6H3. The summed E-state index contributed by atoms with van der Waals surface area (Å²) in [4.78, 5) is 3.53. The van der Waals surface area contributed by atoms with E-state index in [1.54, 1.807) is 6.07 Å². The van der Waals surface area contributed by atoms with E-state index in [4.69, 9.17) is 4.43 Å². The van der Waals surface area contributed by atoms with Crippen molar-refractivity contribution in [3.63, 3.8) is 0 Å². The number of alkyl halides is 3. The normalized spacial score (nSPS) is 13.3. The van der Waals surface area contributed by atoms with Crippen molar-refractivity contribution in [3.05, 3.63) is 41.5 Å². The Labute approximate surface area is 152 Å². The predicted molar refractivity (Wildman–Crippen MR) is 95.6 cm³/mol. The van der Waals surface area contributed by atoms with Crippen molar-refractivity contribution in [1.29, 1.82) is 0 Å². The maximum atomic E-state index is 14.5. The summed E-state index contributed by atoms with van der Waals surface area (Å²) in [5, 5.41) is 0.0342. The summed E-state index contributed by atoms with van der Waals surface area (Å²) >= 11 is 0. The van der Waals surface area contributed by atoms with Gasteiger partial charge in [-0.25, -0.2) is 9.37 Å². The maximum Gasteiger partial charge on any atom is 0.434 e. The Morgan fingerprint density at radius 1 is 1.15 bits per heavy atom. The van der Waals surface area contributed by atoms with E-state index in [0.717, 1.165) is 6.20 Å². The molecule has 0 saturated heterocycles. The van der Waals surface area contributed by atoms with Crippen LogP contribution in [0.25, 0.3) is 11.4 Å². The van der Waals surface area contributed by atoms with Crippen LogP contribution in [0.15, 0.2) is 24.4 Å². The number of aromatic nitrogens is 2. The highest BCUT2D eigenvalue weighted by Crippen LogP contribution is 2.37. The van der Waals surface area contributed by atoms with Crippen LogP contribution in [0.1, 0.15) is 32.0 Å². The van der Waals surface area contributed by atoms with Crippen LogP contribution in [-0.4, -0.2) is 17.9 Å². The van der Waals surface area contributed by atoms with Crippen molar-refractivity contribution in [2.45, 2.75) is 51.7 Å². The minimum atomic E-state index is -4.57. The zero-order valence-corrected chi connectivity index (χ0v) is 16.8. The van der Waals surface area contributed by atoms with Crippen molar-refractivity contribution in [3.8, 4) is 11.4 Å². The Kier molecular flexibility index (Phi) is 5.40. The van der Waals surface area contributed by atoms with Gasteiger partial charge < -0.3 is 8.99 Å².